The van der Waals surface area contributed by atoms with Gasteiger partial charge < -0.3 is 0 Å². The average molecular weight is 308 g/mol. The molecule has 0 unspecified atom stereocenters. The number of rotatable bonds is 2. The minimum atomic E-state index is 0.411. The first-order chi connectivity index (χ1) is 10.8. The number of hydrogen-bond acceptors (Lipinski definition) is 4. The van der Waals surface area contributed by atoms with Crippen LogP contribution in [0.5, 0.6) is 0 Å². The first kappa shape index (κ1) is 12.9. The minimum absolute atomic E-state index is 0.411. The Labute approximate surface area is 131 Å². The van der Waals surface area contributed by atoms with E-state index in [1.54, 1.807) is 16.8 Å². The Kier molecular flexibility index (Phi) is 3.05. The van der Waals surface area contributed by atoms with Crippen LogP contribution in [0.15, 0.2) is 60.9 Å². The van der Waals surface area contributed by atoms with Gasteiger partial charge in [0.1, 0.15) is 10.8 Å². The molecule has 4 rings (SSSR count). The highest BCUT2D eigenvalue weighted by molar-refractivity contribution is 6.29. The minimum Gasteiger partial charge on any atom is -0.233 e. The van der Waals surface area contributed by atoms with E-state index in [0.29, 0.717) is 22.4 Å². The fourth-order valence-corrected chi connectivity index (χ4v) is 2.37. The lowest BCUT2D eigenvalue weighted by atomic mass is 10.1. The van der Waals surface area contributed by atoms with Crippen LogP contribution >= 0.6 is 11.6 Å². The van der Waals surface area contributed by atoms with Gasteiger partial charge in [0.15, 0.2) is 0 Å². The van der Waals surface area contributed by atoms with Crippen molar-refractivity contribution in [3.63, 3.8) is 0 Å². The Bertz CT molecular complexity index is 949. The van der Waals surface area contributed by atoms with Crippen molar-refractivity contribution in [1.29, 1.82) is 0 Å². The molecule has 0 fully saturated rings. The summed E-state index contributed by atoms with van der Waals surface area (Å²) in [7, 11) is 0. The summed E-state index contributed by atoms with van der Waals surface area (Å²) in [5, 5.41) is 4.84. The maximum absolute atomic E-state index is 5.91. The molecule has 3 aromatic heterocycles. The smallest absolute Gasteiger partial charge is 0.233 e. The summed E-state index contributed by atoms with van der Waals surface area (Å²) >= 11 is 5.91. The standard InChI is InChI=1S/C16H10ClN5/c17-14-8-4-7-13(19-14)15-20-16-18-9-12(10-22(16)21-15)11-5-2-1-3-6-11/h1-10H. The average Bonchev–Trinajstić information content (AvgIpc) is 2.99. The van der Waals surface area contributed by atoms with E-state index in [0.717, 1.165) is 11.1 Å². The van der Waals surface area contributed by atoms with Gasteiger partial charge in [0.25, 0.3) is 5.78 Å². The predicted octanol–water partition coefficient (Wildman–Crippen LogP) is 3.51. The van der Waals surface area contributed by atoms with Gasteiger partial charge in [-0.3, -0.25) is 0 Å². The molecule has 0 N–H and O–H groups in total. The van der Waals surface area contributed by atoms with Crippen LogP contribution in [0.3, 0.4) is 0 Å². The van der Waals surface area contributed by atoms with E-state index in [9.17, 15) is 0 Å². The largest absolute Gasteiger partial charge is 0.252 e. The summed E-state index contributed by atoms with van der Waals surface area (Å²) in [6.45, 7) is 0. The molecule has 106 valence electrons. The third-order valence-corrected chi connectivity index (χ3v) is 3.46. The van der Waals surface area contributed by atoms with E-state index in [4.69, 9.17) is 11.6 Å². The molecule has 1 aromatic carbocycles. The SMILES string of the molecule is Clc1cccc(-c2nc3ncc(-c4ccccc4)cn3n2)n1. The second-order valence-electron chi connectivity index (χ2n) is 4.73. The Morgan fingerprint density at radius 1 is 0.864 bits per heavy atom. The Morgan fingerprint density at radius 2 is 1.73 bits per heavy atom. The van der Waals surface area contributed by atoms with E-state index in [-0.39, 0.29) is 0 Å². The molecule has 0 atom stereocenters. The second kappa shape index (κ2) is 5.20. The van der Waals surface area contributed by atoms with Gasteiger partial charge in [-0.05, 0) is 17.7 Å². The monoisotopic (exact) mass is 307 g/mol. The van der Waals surface area contributed by atoms with Crippen LogP contribution in [-0.2, 0) is 0 Å². The molecule has 22 heavy (non-hydrogen) atoms. The summed E-state index contributed by atoms with van der Waals surface area (Å²) in [5.41, 5.74) is 2.68. The maximum atomic E-state index is 5.91. The van der Waals surface area contributed by atoms with Crippen LogP contribution in [0.25, 0.3) is 28.4 Å². The molecular formula is C16H10ClN5. The topological polar surface area (TPSA) is 56.0 Å². The van der Waals surface area contributed by atoms with Crippen LogP contribution in [0.1, 0.15) is 0 Å². The highest BCUT2D eigenvalue weighted by atomic mass is 35.5. The van der Waals surface area contributed by atoms with E-state index < -0.39 is 0 Å². The lowest BCUT2D eigenvalue weighted by Crippen LogP contribution is -1.92. The molecule has 6 heteroatoms. The van der Waals surface area contributed by atoms with Crippen molar-refractivity contribution in [2.45, 2.75) is 0 Å². The van der Waals surface area contributed by atoms with Gasteiger partial charge >= 0.3 is 0 Å². The molecule has 0 aliphatic rings. The van der Waals surface area contributed by atoms with Crippen LogP contribution in [0.2, 0.25) is 5.15 Å². The number of pyridine rings is 1. The Morgan fingerprint density at radius 3 is 2.55 bits per heavy atom. The van der Waals surface area contributed by atoms with Gasteiger partial charge in [-0.25, -0.2) is 14.5 Å². The number of halogens is 1. The van der Waals surface area contributed by atoms with Gasteiger partial charge in [0, 0.05) is 18.0 Å². The molecular weight excluding hydrogens is 298 g/mol. The van der Waals surface area contributed by atoms with Crippen LogP contribution in [0.4, 0.5) is 0 Å². The van der Waals surface area contributed by atoms with Crippen LogP contribution < -0.4 is 0 Å². The Hall–Kier alpha value is -2.79. The normalized spacial score (nSPS) is 11.0. The quantitative estimate of drug-likeness (QED) is 0.532. The third-order valence-electron chi connectivity index (χ3n) is 3.25. The second-order valence-corrected chi connectivity index (χ2v) is 5.12. The number of hydrogen-bond donors (Lipinski definition) is 0. The van der Waals surface area contributed by atoms with Gasteiger partial charge in [-0.2, -0.15) is 4.98 Å². The summed E-state index contributed by atoms with van der Waals surface area (Å²) in [5.74, 6) is 1.02. The first-order valence-electron chi connectivity index (χ1n) is 6.70. The molecule has 0 radical (unpaired) electrons. The molecule has 0 aliphatic carbocycles. The fraction of sp³-hybridized carbons (Fsp3) is 0. The van der Waals surface area contributed by atoms with Gasteiger partial charge in [-0.15, -0.1) is 5.10 Å². The molecule has 0 amide bonds. The highest BCUT2D eigenvalue weighted by Crippen LogP contribution is 2.20. The molecule has 0 aliphatic heterocycles. The van der Waals surface area contributed by atoms with Crippen molar-refractivity contribution in [2.24, 2.45) is 0 Å². The summed E-state index contributed by atoms with van der Waals surface area (Å²) in [4.78, 5) is 13.0. The third kappa shape index (κ3) is 2.31. The number of benzene rings is 1. The van der Waals surface area contributed by atoms with Crippen molar-refractivity contribution in [3.8, 4) is 22.6 Å². The van der Waals surface area contributed by atoms with Crippen molar-refractivity contribution in [1.82, 2.24) is 24.6 Å². The number of nitrogens with zero attached hydrogens (tertiary/aromatic N) is 5. The highest BCUT2D eigenvalue weighted by Gasteiger charge is 2.10. The summed E-state index contributed by atoms with van der Waals surface area (Å²) in [6, 6.07) is 15.4. The van der Waals surface area contributed by atoms with Gasteiger partial charge in [0.05, 0.1) is 0 Å². The number of fused-ring (bicyclic) bond motifs is 1. The van der Waals surface area contributed by atoms with Crippen LogP contribution in [-0.4, -0.2) is 24.6 Å². The lowest BCUT2D eigenvalue weighted by molar-refractivity contribution is 0.942. The first-order valence-corrected chi connectivity index (χ1v) is 7.08. The van der Waals surface area contributed by atoms with Crippen molar-refractivity contribution in [3.05, 3.63) is 66.1 Å². The van der Waals surface area contributed by atoms with Gasteiger partial charge in [-0.1, -0.05) is 48.0 Å². The van der Waals surface area contributed by atoms with Crippen LogP contribution in [0, 0.1) is 0 Å². The number of aromatic nitrogens is 5. The zero-order chi connectivity index (χ0) is 14.9. The van der Waals surface area contributed by atoms with Gasteiger partial charge in [0.2, 0.25) is 5.82 Å². The van der Waals surface area contributed by atoms with Crippen molar-refractivity contribution < 1.29 is 0 Å². The predicted molar refractivity (Wildman–Crippen MR) is 84.5 cm³/mol. The summed E-state index contributed by atoms with van der Waals surface area (Å²) < 4.78 is 1.65. The lowest BCUT2D eigenvalue weighted by Gasteiger charge is -2.00. The van der Waals surface area contributed by atoms with E-state index in [1.165, 1.54) is 0 Å². The molecule has 0 spiro atoms. The fourth-order valence-electron chi connectivity index (χ4n) is 2.20. The van der Waals surface area contributed by atoms with Crippen molar-refractivity contribution in [2.75, 3.05) is 0 Å². The maximum Gasteiger partial charge on any atom is 0.252 e. The van der Waals surface area contributed by atoms with E-state index >= 15 is 0 Å². The molecule has 3 heterocycles. The molecule has 0 bridgehead atoms. The Balaban J connectivity index is 1.82. The van der Waals surface area contributed by atoms with E-state index in [2.05, 4.69) is 20.1 Å². The van der Waals surface area contributed by atoms with Crippen molar-refractivity contribution >= 4 is 17.4 Å². The molecule has 5 nitrogen and oxygen atoms in total. The molecule has 0 saturated carbocycles. The molecule has 0 saturated heterocycles. The zero-order valence-corrected chi connectivity index (χ0v) is 12.1. The molecule has 4 aromatic rings. The zero-order valence-electron chi connectivity index (χ0n) is 11.4. The summed E-state index contributed by atoms with van der Waals surface area (Å²) in [6.07, 6.45) is 3.69. The van der Waals surface area contributed by atoms with E-state index in [1.807, 2.05) is 48.7 Å².